The lowest BCUT2D eigenvalue weighted by atomic mass is 10.2. The molecule has 0 unspecified atom stereocenters. The number of fused-ring (bicyclic) bond motifs is 2. The summed E-state index contributed by atoms with van der Waals surface area (Å²) in [5, 5.41) is 8.06. The maximum atomic E-state index is 11.9. The molecule has 39 heavy (non-hydrogen) atoms. The van der Waals surface area contributed by atoms with Crippen LogP contribution >= 0.6 is 0 Å². The molecule has 0 aliphatic heterocycles. The molecule has 0 bridgehead atoms. The molecule has 0 spiro atoms. The van der Waals surface area contributed by atoms with Crippen LogP contribution in [0.2, 0.25) is 0 Å². The van der Waals surface area contributed by atoms with Gasteiger partial charge in [-0.1, -0.05) is 60.7 Å². The molecule has 14 nitrogen and oxygen atoms in total. The molecule has 0 saturated carbocycles. The molecule has 194 valence electrons. The first-order valence-corrected chi connectivity index (χ1v) is 11.3. The van der Waals surface area contributed by atoms with Gasteiger partial charge in [0.15, 0.2) is 34.1 Å². The minimum atomic E-state index is -0.766. The van der Waals surface area contributed by atoms with Gasteiger partial charge in [0, 0.05) is 11.1 Å². The van der Waals surface area contributed by atoms with E-state index in [4.69, 9.17) is 5.73 Å². The van der Waals surface area contributed by atoms with Crippen LogP contribution in [0, 0.1) is 0 Å². The molecule has 0 aliphatic carbocycles. The summed E-state index contributed by atoms with van der Waals surface area (Å²) in [4.78, 5) is 60.0. The van der Waals surface area contributed by atoms with E-state index in [1.54, 1.807) is 0 Å². The number of aromatic nitrogens is 8. The number of ether oxygens (including phenoxy) is 1. The molecule has 14 heteroatoms. The minimum Gasteiger partial charge on any atom is -0.464 e. The molecule has 4 aromatic heterocycles. The first-order chi connectivity index (χ1) is 18.9. The van der Waals surface area contributed by atoms with Gasteiger partial charge in [-0.2, -0.15) is 10.2 Å². The summed E-state index contributed by atoms with van der Waals surface area (Å²) in [5.41, 5.74) is 5.79. The lowest BCUT2D eigenvalue weighted by molar-refractivity contribution is 0.0596. The Morgan fingerprint density at radius 1 is 0.744 bits per heavy atom. The maximum Gasteiger partial charge on any atom is 0.359 e. The number of rotatable bonds is 4. The number of carbonyl (C=O) groups excluding carboxylic acids is 2. The van der Waals surface area contributed by atoms with Gasteiger partial charge in [0.2, 0.25) is 0 Å². The van der Waals surface area contributed by atoms with Crippen LogP contribution in [0.5, 0.6) is 0 Å². The second-order valence-electron chi connectivity index (χ2n) is 7.91. The molecule has 6 aromatic rings. The van der Waals surface area contributed by atoms with Crippen molar-refractivity contribution in [1.82, 2.24) is 39.2 Å². The van der Waals surface area contributed by atoms with Gasteiger partial charge in [-0.25, -0.2) is 23.8 Å². The molecule has 0 saturated heterocycles. The van der Waals surface area contributed by atoms with Gasteiger partial charge in [-0.3, -0.25) is 14.4 Å². The predicted octanol–water partition coefficient (Wildman–Crippen LogP) is 1.05. The Labute approximate surface area is 217 Å². The minimum absolute atomic E-state index is 0.0499. The fourth-order valence-corrected chi connectivity index (χ4v) is 3.84. The van der Waals surface area contributed by atoms with Crippen molar-refractivity contribution in [3.8, 4) is 22.8 Å². The molecular weight excluding hydrogens is 506 g/mol. The topological polar surface area (TPSA) is 195 Å². The summed E-state index contributed by atoms with van der Waals surface area (Å²) in [6.07, 6.45) is 2.50. The lowest BCUT2D eigenvalue weighted by Crippen LogP contribution is -2.17. The third-order valence-electron chi connectivity index (χ3n) is 5.55. The van der Waals surface area contributed by atoms with E-state index in [-0.39, 0.29) is 22.4 Å². The monoisotopic (exact) mass is 525 g/mol. The lowest BCUT2D eigenvalue weighted by Gasteiger charge is -1.98. The van der Waals surface area contributed by atoms with Gasteiger partial charge < -0.3 is 20.4 Å². The zero-order valence-corrected chi connectivity index (χ0v) is 20.2. The molecule has 0 radical (unpaired) electrons. The number of esters is 1. The van der Waals surface area contributed by atoms with Crippen molar-refractivity contribution in [2.45, 2.75) is 0 Å². The average Bonchev–Trinajstić information content (AvgIpc) is 3.55. The van der Waals surface area contributed by atoms with E-state index in [1.807, 2.05) is 60.7 Å². The SMILES string of the molecule is COC(=O)c1nc(-c2ccccc2)n2nc[nH]c(=O)c12.NC(=O)c1nc(-c2ccccc2)n2nc[nH]c(=O)c12. The Balaban J connectivity index is 0.000000158. The van der Waals surface area contributed by atoms with Gasteiger partial charge >= 0.3 is 5.97 Å². The van der Waals surface area contributed by atoms with E-state index in [2.05, 4.69) is 34.9 Å². The zero-order valence-electron chi connectivity index (χ0n) is 20.2. The molecule has 4 N–H and O–H groups in total. The molecule has 0 fully saturated rings. The van der Waals surface area contributed by atoms with Crippen molar-refractivity contribution < 1.29 is 14.3 Å². The summed E-state index contributed by atoms with van der Waals surface area (Å²) < 4.78 is 7.30. The highest BCUT2D eigenvalue weighted by atomic mass is 16.5. The van der Waals surface area contributed by atoms with E-state index in [9.17, 15) is 19.2 Å². The Bertz CT molecular complexity index is 1940. The number of carbonyl (C=O) groups is 2. The third kappa shape index (κ3) is 4.53. The molecule has 4 heterocycles. The summed E-state index contributed by atoms with van der Waals surface area (Å²) in [6, 6.07) is 18.3. The Morgan fingerprint density at radius 3 is 1.62 bits per heavy atom. The predicted molar refractivity (Wildman–Crippen MR) is 138 cm³/mol. The number of H-pyrrole nitrogens is 2. The highest BCUT2D eigenvalue weighted by molar-refractivity contribution is 5.98. The molecule has 0 atom stereocenters. The largest absolute Gasteiger partial charge is 0.464 e. The smallest absolute Gasteiger partial charge is 0.359 e. The van der Waals surface area contributed by atoms with Crippen LogP contribution in [-0.4, -0.2) is 58.2 Å². The Kier molecular flexibility index (Phi) is 6.48. The maximum absolute atomic E-state index is 11.9. The fourth-order valence-electron chi connectivity index (χ4n) is 3.84. The van der Waals surface area contributed by atoms with Gasteiger partial charge in [-0.05, 0) is 0 Å². The molecule has 6 rings (SSSR count). The van der Waals surface area contributed by atoms with Crippen LogP contribution in [0.4, 0.5) is 0 Å². The van der Waals surface area contributed by atoms with E-state index in [1.165, 1.54) is 28.8 Å². The van der Waals surface area contributed by atoms with Crippen LogP contribution in [0.25, 0.3) is 33.8 Å². The number of hydrogen-bond donors (Lipinski definition) is 3. The summed E-state index contributed by atoms with van der Waals surface area (Å²) in [7, 11) is 1.24. The number of aromatic amines is 2. The van der Waals surface area contributed by atoms with Crippen molar-refractivity contribution in [1.29, 1.82) is 0 Å². The van der Waals surface area contributed by atoms with Crippen LogP contribution in [0.1, 0.15) is 21.0 Å². The number of primary amides is 1. The van der Waals surface area contributed by atoms with E-state index < -0.39 is 23.0 Å². The number of hydrogen-bond acceptors (Lipinski definition) is 9. The van der Waals surface area contributed by atoms with Crippen molar-refractivity contribution in [2.75, 3.05) is 7.11 Å². The summed E-state index contributed by atoms with van der Waals surface area (Å²) in [6.45, 7) is 0. The number of amides is 1. The van der Waals surface area contributed by atoms with Crippen LogP contribution in [0.15, 0.2) is 82.9 Å². The third-order valence-corrected chi connectivity index (χ3v) is 5.55. The van der Waals surface area contributed by atoms with Crippen molar-refractivity contribution in [3.05, 3.63) is 105 Å². The molecule has 1 amide bonds. The number of nitrogens with two attached hydrogens (primary N) is 1. The van der Waals surface area contributed by atoms with Crippen molar-refractivity contribution in [3.63, 3.8) is 0 Å². The van der Waals surface area contributed by atoms with Gasteiger partial charge in [0.1, 0.15) is 12.7 Å². The van der Waals surface area contributed by atoms with Crippen LogP contribution < -0.4 is 16.9 Å². The van der Waals surface area contributed by atoms with Gasteiger partial charge in [-0.15, -0.1) is 0 Å². The highest BCUT2D eigenvalue weighted by Crippen LogP contribution is 2.21. The second-order valence-corrected chi connectivity index (χ2v) is 7.91. The number of methoxy groups -OCH3 is 1. The van der Waals surface area contributed by atoms with Crippen LogP contribution in [0.3, 0.4) is 0 Å². The summed E-state index contributed by atoms with van der Waals surface area (Å²) in [5.74, 6) is -0.635. The standard InChI is InChI=1S/C13H10N4O3.C12H9N5O2/c1-20-13(19)9-10-12(18)14-7-15-17(10)11(16-9)8-5-3-2-4-6-8;13-10(18)8-9-12(19)14-6-15-17(9)11(16-8)7-4-2-1-3-5-7/h2-7H,1H3,(H,14,15,18);1-6H,(H2,13,18)(H,14,15,19). The first-order valence-electron chi connectivity index (χ1n) is 11.3. The van der Waals surface area contributed by atoms with Crippen molar-refractivity contribution >= 4 is 22.9 Å². The fraction of sp³-hybridized carbons (Fsp3) is 0.0400. The highest BCUT2D eigenvalue weighted by Gasteiger charge is 2.22. The van der Waals surface area contributed by atoms with Gasteiger partial charge in [0.25, 0.3) is 17.0 Å². The molecule has 2 aromatic carbocycles. The normalized spacial score (nSPS) is 10.7. The number of nitrogens with one attached hydrogen (secondary N) is 2. The Morgan fingerprint density at radius 2 is 1.18 bits per heavy atom. The number of nitrogens with zero attached hydrogens (tertiary/aromatic N) is 6. The zero-order chi connectivity index (χ0) is 27.5. The van der Waals surface area contributed by atoms with Crippen molar-refractivity contribution in [2.24, 2.45) is 5.73 Å². The van der Waals surface area contributed by atoms with Crippen LogP contribution in [-0.2, 0) is 4.74 Å². The van der Waals surface area contributed by atoms with Gasteiger partial charge in [0.05, 0.1) is 7.11 Å². The van der Waals surface area contributed by atoms with E-state index in [0.29, 0.717) is 11.6 Å². The summed E-state index contributed by atoms with van der Waals surface area (Å²) >= 11 is 0. The quantitative estimate of drug-likeness (QED) is 0.282. The van der Waals surface area contributed by atoms with E-state index >= 15 is 0 Å². The first kappa shape index (κ1) is 24.8. The number of imidazole rings is 2. The Hall–Kier alpha value is -5.92. The second kappa shape index (κ2) is 10.2. The van der Waals surface area contributed by atoms with E-state index in [0.717, 1.165) is 11.1 Å². The average molecular weight is 525 g/mol. The number of benzene rings is 2. The molecule has 0 aliphatic rings. The molecular formula is C25H19N9O5.